The number of H-pyrrole nitrogens is 2. The molecule has 3 aromatic carbocycles. The zero-order valence-electron chi connectivity index (χ0n) is 36.2. The molecule has 4 amide bonds. The number of hydrogen-bond donors (Lipinski definition) is 4. The van der Waals surface area contributed by atoms with Crippen LogP contribution < -0.4 is 10.6 Å². The maximum atomic E-state index is 14.0. The maximum Gasteiger partial charge on any atom is 0.407 e. The van der Waals surface area contributed by atoms with Crippen LogP contribution in [-0.2, 0) is 19.1 Å². The number of hydrogen-bond acceptors (Lipinski definition) is 8. The molecule has 2 aromatic heterocycles. The second-order valence-electron chi connectivity index (χ2n) is 18.5. The summed E-state index contributed by atoms with van der Waals surface area (Å²) in [7, 11) is 2.62. The van der Waals surface area contributed by atoms with Crippen molar-refractivity contribution in [1.29, 1.82) is 0 Å². The molecule has 4 aliphatic rings. The standard InChI is InChI=1S/C48H56N8O6/c1-26(2)39(53-46(59)61-5)44(57)55-25-48(19-20-48)23-38(55)42-49-24-37(52-42)31-13-11-29(12-14-31)28-7-9-30(10-8-28)32-16-18-35-36(22-32)51-43(50-35)41-33-15-17-34(21-33)56(41)45(58)40(27(3)4)54-47(60)62-6/h7-14,16,18,22,24,26-27,33-34,38-41H,15,17,19-21,23,25H2,1-6H3,(H,49,52)(H,50,51)(H,53,59)(H,54,60)/t33-,34+,38?,39-,40-,41-/m0/s1. The average molecular weight is 841 g/mol. The maximum absolute atomic E-state index is 14.0. The Kier molecular flexibility index (Phi) is 10.8. The molecule has 1 spiro atoms. The molecule has 4 fully saturated rings. The first kappa shape index (κ1) is 41.2. The molecule has 0 radical (unpaired) electrons. The van der Waals surface area contributed by atoms with Crippen LogP contribution in [0.2, 0.25) is 0 Å². The summed E-state index contributed by atoms with van der Waals surface area (Å²) in [5.74, 6) is 1.45. The van der Waals surface area contributed by atoms with Crippen LogP contribution in [0.25, 0.3) is 44.5 Å². The number of nitrogens with one attached hydrogen (secondary N) is 4. The van der Waals surface area contributed by atoms with Crippen molar-refractivity contribution in [2.75, 3.05) is 20.8 Å². The number of ether oxygens (including phenoxy) is 2. The molecule has 6 atom stereocenters. The number of benzene rings is 3. The minimum absolute atomic E-state index is 0.0889. The summed E-state index contributed by atoms with van der Waals surface area (Å²) < 4.78 is 9.66. The van der Waals surface area contributed by atoms with Crippen molar-refractivity contribution in [2.45, 2.75) is 96.4 Å². The van der Waals surface area contributed by atoms with Gasteiger partial charge in [-0.3, -0.25) is 9.59 Å². The van der Waals surface area contributed by atoms with Crippen LogP contribution in [0.5, 0.6) is 0 Å². The molecular formula is C48H56N8O6. The van der Waals surface area contributed by atoms with E-state index in [1.54, 1.807) is 0 Å². The second kappa shape index (κ2) is 16.3. The topological polar surface area (TPSA) is 175 Å². The molecular weight excluding hydrogens is 785 g/mol. The fourth-order valence-corrected chi connectivity index (χ4v) is 10.2. The highest BCUT2D eigenvalue weighted by atomic mass is 16.5. The lowest BCUT2D eigenvalue weighted by atomic mass is 9.95. The Morgan fingerprint density at radius 1 is 0.742 bits per heavy atom. The molecule has 2 aliphatic heterocycles. The Labute approximate surface area is 361 Å². The third-order valence-corrected chi connectivity index (χ3v) is 13.8. The van der Waals surface area contributed by atoms with E-state index in [2.05, 4.69) is 81.3 Å². The van der Waals surface area contributed by atoms with Crippen LogP contribution in [0.1, 0.15) is 90.0 Å². The molecule has 9 rings (SSSR count). The van der Waals surface area contributed by atoms with Crippen molar-refractivity contribution in [3.63, 3.8) is 0 Å². The van der Waals surface area contributed by atoms with Gasteiger partial charge in [-0.2, -0.15) is 0 Å². The van der Waals surface area contributed by atoms with E-state index in [9.17, 15) is 19.2 Å². The number of rotatable bonds is 11. The summed E-state index contributed by atoms with van der Waals surface area (Å²) in [4.78, 5) is 72.9. The number of amides is 4. The van der Waals surface area contributed by atoms with Crippen molar-refractivity contribution in [1.82, 2.24) is 40.4 Å². The Hall–Kier alpha value is -6.18. The van der Waals surface area contributed by atoms with Gasteiger partial charge in [-0.15, -0.1) is 0 Å². The van der Waals surface area contributed by atoms with Crippen molar-refractivity contribution < 1.29 is 28.7 Å². The van der Waals surface area contributed by atoms with Gasteiger partial charge in [-0.05, 0) is 102 Å². The first-order valence-electron chi connectivity index (χ1n) is 21.9. The number of nitrogens with zero attached hydrogens (tertiary/aromatic N) is 4. The Balaban J connectivity index is 0.888. The fourth-order valence-electron chi connectivity index (χ4n) is 10.2. The van der Waals surface area contributed by atoms with Crippen molar-refractivity contribution >= 4 is 35.0 Å². The lowest BCUT2D eigenvalue weighted by Gasteiger charge is -2.37. The van der Waals surface area contributed by atoms with E-state index in [1.165, 1.54) is 14.2 Å². The Morgan fingerprint density at radius 3 is 1.92 bits per heavy atom. The van der Waals surface area contributed by atoms with Crippen LogP contribution in [0.15, 0.2) is 72.9 Å². The van der Waals surface area contributed by atoms with Gasteiger partial charge in [0, 0.05) is 12.6 Å². The van der Waals surface area contributed by atoms with E-state index in [1.807, 2.05) is 49.8 Å². The number of aromatic amines is 2. The van der Waals surface area contributed by atoms with Crippen LogP contribution in [0.4, 0.5) is 9.59 Å². The highest BCUT2D eigenvalue weighted by Gasteiger charge is 2.55. The Bertz CT molecular complexity index is 2490. The summed E-state index contributed by atoms with van der Waals surface area (Å²) in [6, 6.07) is 21.5. The normalized spacial score (nSPS) is 22.1. The van der Waals surface area contributed by atoms with Gasteiger partial charge in [0.25, 0.3) is 0 Å². The largest absolute Gasteiger partial charge is 0.453 e. The van der Waals surface area contributed by atoms with Crippen LogP contribution in [-0.4, -0.2) is 92.6 Å². The van der Waals surface area contributed by atoms with Crippen LogP contribution in [0.3, 0.4) is 0 Å². The zero-order valence-corrected chi connectivity index (χ0v) is 36.2. The summed E-state index contributed by atoms with van der Waals surface area (Å²) in [5.41, 5.74) is 8.07. The smallest absolute Gasteiger partial charge is 0.407 e. The first-order chi connectivity index (χ1) is 29.8. The van der Waals surface area contributed by atoms with Gasteiger partial charge in [-0.25, -0.2) is 19.6 Å². The van der Waals surface area contributed by atoms with E-state index in [0.717, 1.165) is 94.7 Å². The first-order valence-corrected chi connectivity index (χ1v) is 21.9. The third-order valence-electron chi connectivity index (χ3n) is 13.8. The lowest BCUT2D eigenvalue weighted by molar-refractivity contribution is -0.139. The molecule has 4 N–H and O–H groups in total. The van der Waals surface area contributed by atoms with E-state index in [0.29, 0.717) is 12.5 Å². The summed E-state index contributed by atoms with van der Waals surface area (Å²) >= 11 is 0. The minimum atomic E-state index is -0.685. The van der Waals surface area contributed by atoms with E-state index >= 15 is 0 Å². The number of piperidine rings is 1. The molecule has 14 nitrogen and oxygen atoms in total. The van der Waals surface area contributed by atoms with Gasteiger partial charge in [0.05, 0.1) is 49.2 Å². The number of methoxy groups -OCH3 is 2. The lowest BCUT2D eigenvalue weighted by Crippen LogP contribution is -2.54. The van der Waals surface area contributed by atoms with E-state index in [4.69, 9.17) is 19.4 Å². The molecule has 1 unspecified atom stereocenters. The molecule has 324 valence electrons. The number of likely N-dealkylation sites (tertiary alicyclic amines) is 2. The minimum Gasteiger partial charge on any atom is -0.453 e. The van der Waals surface area contributed by atoms with Crippen molar-refractivity contribution in [2.24, 2.45) is 23.2 Å². The SMILES string of the molecule is COC(=O)N[C@H](C(=O)N1CC2(CC2)CC1c1ncc(-c2ccc(-c3ccc(-c4ccc5nc([C@@H]6[C@H]7CC[C@H](C7)N6C(=O)[C@@H](NC(=O)OC)C(C)C)[nH]c5c4)cc3)cc2)[nH]1)C(C)C. The number of carbonyl (C=O) groups excluding carboxylic acids is 4. The van der Waals surface area contributed by atoms with Gasteiger partial charge in [0.2, 0.25) is 11.8 Å². The molecule has 14 heteroatoms. The van der Waals surface area contributed by atoms with Crippen LogP contribution in [0, 0.1) is 23.2 Å². The van der Waals surface area contributed by atoms with Crippen LogP contribution >= 0.6 is 0 Å². The predicted octanol–water partition coefficient (Wildman–Crippen LogP) is 8.15. The molecule has 62 heavy (non-hydrogen) atoms. The van der Waals surface area contributed by atoms with E-state index in [-0.39, 0.29) is 47.2 Å². The Morgan fingerprint density at radius 2 is 1.32 bits per heavy atom. The summed E-state index contributed by atoms with van der Waals surface area (Å²) in [5, 5.41) is 5.52. The monoisotopic (exact) mass is 840 g/mol. The third kappa shape index (κ3) is 7.68. The molecule has 4 heterocycles. The average Bonchev–Trinajstić information content (AvgIpc) is 3.88. The predicted molar refractivity (Wildman–Crippen MR) is 234 cm³/mol. The molecule has 2 bridgehead atoms. The van der Waals surface area contributed by atoms with Crippen molar-refractivity contribution in [3.8, 4) is 33.5 Å². The van der Waals surface area contributed by atoms with Gasteiger partial charge in [-0.1, -0.05) is 82.3 Å². The second-order valence-corrected chi connectivity index (χ2v) is 18.5. The summed E-state index contributed by atoms with van der Waals surface area (Å²) in [6.45, 7) is 8.38. The number of imidazole rings is 2. The van der Waals surface area contributed by atoms with Gasteiger partial charge >= 0.3 is 12.2 Å². The molecule has 2 saturated heterocycles. The molecule has 2 saturated carbocycles. The van der Waals surface area contributed by atoms with Gasteiger partial charge < -0.3 is 39.9 Å². The number of alkyl carbamates (subject to hydrolysis) is 2. The van der Waals surface area contributed by atoms with Gasteiger partial charge in [0.1, 0.15) is 23.7 Å². The van der Waals surface area contributed by atoms with Gasteiger partial charge in [0.15, 0.2) is 0 Å². The fraction of sp³-hybridized carbons (Fsp3) is 0.458. The van der Waals surface area contributed by atoms with E-state index < -0.39 is 24.3 Å². The number of fused-ring (bicyclic) bond motifs is 3. The number of carbonyl (C=O) groups is 4. The van der Waals surface area contributed by atoms with Crippen molar-refractivity contribution in [3.05, 3.63) is 84.6 Å². The highest BCUT2D eigenvalue weighted by molar-refractivity contribution is 5.88. The quantitative estimate of drug-likeness (QED) is 0.103. The zero-order chi connectivity index (χ0) is 43.4. The number of aromatic nitrogens is 4. The molecule has 5 aromatic rings. The highest BCUT2D eigenvalue weighted by Crippen LogP contribution is 2.58. The summed E-state index contributed by atoms with van der Waals surface area (Å²) in [6.07, 6.45) is 6.57. The molecule has 2 aliphatic carbocycles.